The molecule has 0 bridgehead atoms. The highest BCUT2D eigenvalue weighted by Gasteiger charge is 2.09. The number of aromatic nitrogens is 2. The van der Waals surface area contributed by atoms with Crippen LogP contribution in [-0.4, -0.2) is 16.1 Å². The predicted molar refractivity (Wildman–Crippen MR) is 60.1 cm³/mol. The fourth-order valence-electron chi connectivity index (χ4n) is 1.30. The van der Waals surface area contributed by atoms with E-state index in [0.29, 0.717) is 28.4 Å². The Bertz CT molecular complexity index is 522. The van der Waals surface area contributed by atoms with Gasteiger partial charge in [0.25, 0.3) is 0 Å². The first-order chi connectivity index (χ1) is 7.70. The molecule has 1 aromatic carbocycles. The Morgan fingerprint density at radius 2 is 2.31 bits per heavy atom. The van der Waals surface area contributed by atoms with E-state index >= 15 is 0 Å². The topological polar surface area (TPSA) is 44.1 Å². The monoisotopic (exact) mass is 236 g/mol. The Balaban J connectivity index is 2.37. The van der Waals surface area contributed by atoms with Crippen LogP contribution in [0.1, 0.15) is 10.4 Å². The summed E-state index contributed by atoms with van der Waals surface area (Å²) >= 11 is 5.95. The minimum absolute atomic E-state index is 0.354. The van der Waals surface area contributed by atoms with Gasteiger partial charge < -0.3 is 4.74 Å². The number of aryl methyl sites for hydroxylation is 1. The highest BCUT2D eigenvalue weighted by molar-refractivity contribution is 6.32. The van der Waals surface area contributed by atoms with Gasteiger partial charge >= 0.3 is 0 Å². The molecular weight excluding hydrogens is 228 g/mol. The van der Waals surface area contributed by atoms with Crippen molar-refractivity contribution in [1.82, 2.24) is 9.78 Å². The number of ether oxygens (including phenoxy) is 1. The molecule has 0 unspecified atom stereocenters. The van der Waals surface area contributed by atoms with Gasteiger partial charge in [0.1, 0.15) is 0 Å². The summed E-state index contributed by atoms with van der Waals surface area (Å²) in [7, 11) is 1.78. The van der Waals surface area contributed by atoms with Crippen molar-refractivity contribution in [3.63, 3.8) is 0 Å². The highest BCUT2D eigenvalue weighted by atomic mass is 35.5. The molecule has 0 aliphatic rings. The van der Waals surface area contributed by atoms with Gasteiger partial charge in [0.15, 0.2) is 17.8 Å². The van der Waals surface area contributed by atoms with Crippen molar-refractivity contribution in [3.05, 3.63) is 41.2 Å². The van der Waals surface area contributed by atoms with Crippen molar-refractivity contribution < 1.29 is 9.53 Å². The molecule has 0 radical (unpaired) electrons. The van der Waals surface area contributed by atoms with E-state index in [1.54, 1.807) is 42.3 Å². The van der Waals surface area contributed by atoms with Crippen LogP contribution in [0.5, 0.6) is 11.5 Å². The van der Waals surface area contributed by atoms with Crippen molar-refractivity contribution in [2.45, 2.75) is 0 Å². The zero-order valence-electron chi connectivity index (χ0n) is 8.55. The Kier molecular flexibility index (Phi) is 2.92. The number of para-hydroxylation sites is 1. The Morgan fingerprint density at radius 3 is 2.94 bits per heavy atom. The van der Waals surface area contributed by atoms with Gasteiger partial charge in [0, 0.05) is 7.05 Å². The number of aldehydes is 1. The van der Waals surface area contributed by atoms with Crippen molar-refractivity contribution in [2.24, 2.45) is 7.05 Å². The number of hydrogen-bond acceptors (Lipinski definition) is 3. The lowest BCUT2D eigenvalue weighted by atomic mass is 10.2. The lowest BCUT2D eigenvalue weighted by Gasteiger charge is -2.07. The molecule has 0 spiro atoms. The van der Waals surface area contributed by atoms with Crippen LogP contribution in [0.4, 0.5) is 0 Å². The molecule has 2 rings (SSSR count). The van der Waals surface area contributed by atoms with Crippen LogP contribution < -0.4 is 4.74 Å². The average molecular weight is 237 g/mol. The molecule has 0 N–H and O–H groups in total. The maximum atomic E-state index is 10.8. The quantitative estimate of drug-likeness (QED) is 0.770. The van der Waals surface area contributed by atoms with Crippen molar-refractivity contribution in [3.8, 4) is 11.5 Å². The van der Waals surface area contributed by atoms with E-state index in [9.17, 15) is 4.79 Å². The molecule has 0 amide bonds. The summed E-state index contributed by atoms with van der Waals surface area (Å²) in [6.45, 7) is 0. The van der Waals surface area contributed by atoms with Crippen LogP contribution in [0, 0.1) is 0 Å². The Labute approximate surface area is 97.4 Å². The van der Waals surface area contributed by atoms with Crippen LogP contribution >= 0.6 is 11.6 Å². The molecule has 1 aromatic heterocycles. The van der Waals surface area contributed by atoms with Gasteiger partial charge in [-0.15, -0.1) is 0 Å². The normalized spacial score (nSPS) is 10.1. The average Bonchev–Trinajstić information content (AvgIpc) is 2.67. The summed E-state index contributed by atoms with van der Waals surface area (Å²) in [5.41, 5.74) is 0.413. The largest absolute Gasteiger partial charge is 0.452 e. The van der Waals surface area contributed by atoms with E-state index in [0.717, 1.165) is 0 Å². The van der Waals surface area contributed by atoms with Gasteiger partial charge in [-0.25, -0.2) is 0 Å². The minimum Gasteiger partial charge on any atom is -0.452 e. The zero-order valence-corrected chi connectivity index (χ0v) is 9.31. The van der Waals surface area contributed by atoms with E-state index in [-0.39, 0.29) is 0 Å². The second kappa shape index (κ2) is 4.37. The molecule has 2 aromatic rings. The van der Waals surface area contributed by atoms with Gasteiger partial charge in [-0.1, -0.05) is 17.7 Å². The van der Waals surface area contributed by atoms with Gasteiger partial charge in [0.2, 0.25) is 0 Å². The molecular formula is C11H9ClN2O2. The van der Waals surface area contributed by atoms with Crippen molar-refractivity contribution >= 4 is 17.9 Å². The Hall–Kier alpha value is -1.81. The molecule has 82 valence electrons. The molecule has 16 heavy (non-hydrogen) atoms. The zero-order chi connectivity index (χ0) is 11.5. The summed E-state index contributed by atoms with van der Waals surface area (Å²) in [5, 5.41) is 4.35. The first-order valence-corrected chi connectivity index (χ1v) is 4.98. The lowest BCUT2D eigenvalue weighted by molar-refractivity contribution is 0.112. The molecule has 0 saturated carbocycles. The molecule has 0 saturated heterocycles. The summed E-state index contributed by atoms with van der Waals surface area (Å²) in [5.74, 6) is 0.894. The number of rotatable bonds is 3. The molecule has 0 atom stereocenters. The van der Waals surface area contributed by atoms with E-state index in [1.807, 2.05) is 0 Å². The fraction of sp³-hybridized carbons (Fsp3) is 0.0909. The molecule has 1 heterocycles. The maximum absolute atomic E-state index is 10.8. The van der Waals surface area contributed by atoms with E-state index in [1.165, 1.54) is 0 Å². The van der Waals surface area contributed by atoms with E-state index in [2.05, 4.69) is 5.10 Å². The van der Waals surface area contributed by atoms with Crippen molar-refractivity contribution in [1.29, 1.82) is 0 Å². The van der Waals surface area contributed by atoms with E-state index in [4.69, 9.17) is 16.3 Å². The van der Waals surface area contributed by atoms with Crippen LogP contribution in [0.2, 0.25) is 5.02 Å². The number of halogens is 1. The van der Waals surface area contributed by atoms with Crippen LogP contribution in [0.25, 0.3) is 0 Å². The summed E-state index contributed by atoms with van der Waals surface area (Å²) in [6, 6.07) is 5.01. The first-order valence-electron chi connectivity index (χ1n) is 4.61. The predicted octanol–water partition coefficient (Wildman–Crippen LogP) is 2.68. The second-order valence-electron chi connectivity index (χ2n) is 3.23. The van der Waals surface area contributed by atoms with Crippen LogP contribution in [0.15, 0.2) is 30.6 Å². The van der Waals surface area contributed by atoms with E-state index < -0.39 is 0 Å². The maximum Gasteiger partial charge on any atom is 0.165 e. The smallest absolute Gasteiger partial charge is 0.165 e. The van der Waals surface area contributed by atoms with Crippen LogP contribution in [0.3, 0.4) is 0 Å². The first kappa shape index (κ1) is 10.7. The molecule has 0 aliphatic carbocycles. The van der Waals surface area contributed by atoms with Crippen LogP contribution in [-0.2, 0) is 7.05 Å². The SMILES string of the molecule is Cn1cc(Oc2c(Cl)cccc2C=O)cn1. The summed E-state index contributed by atoms with van der Waals surface area (Å²) in [6.07, 6.45) is 3.95. The summed E-state index contributed by atoms with van der Waals surface area (Å²) < 4.78 is 7.11. The third kappa shape index (κ3) is 2.06. The van der Waals surface area contributed by atoms with Gasteiger partial charge in [0.05, 0.1) is 23.0 Å². The fourth-order valence-corrected chi connectivity index (χ4v) is 1.52. The minimum atomic E-state index is 0.354. The molecule has 0 aliphatic heterocycles. The molecule has 4 nitrogen and oxygen atoms in total. The van der Waals surface area contributed by atoms with Crippen molar-refractivity contribution in [2.75, 3.05) is 0 Å². The highest BCUT2D eigenvalue weighted by Crippen LogP contribution is 2.31. The molecule has 5 heteroatoms. The number of hydrogen-bond donors (Lipinski definition) is 0. The number of carbonyl (C=O) groups excluding carboxylic acids is 1. The third-order valence-electron chi connectivity index (χ3n) is 2.03. The Morgan fingerprint density at radius 1 is 1.50 bits per heavy atom. The number of benzene rings is 1. The van der Waals surface area contributed by atoms with Gasteiger partial charge in [-0.05, 0) is 12.1 Å². The third-order valence-corrected chi connectivity index (χ3v) is 2.32. The summed E-state index contributed by atoms with van der Waals surface area (Å²) in [4.78, 5) is 10.8. The number of carbonyl (C=O) groups is 1. The number of nitrogens with zero attached hydrogens (tertiary/aromatic N) is 2. The standard InChI is InChI=1S/C11H9ClN2O2/c1-14-6-9(5-13-14)16-11-8(7-15)3-2-4-10(11)12/h2-7H,1H3. The van der Waals surface area contributed by atoms with Gasteiger partial charge in [-0.3, -0.25) is 9.48 Å². The molecule has 0 fully saturated rings. The second-order valence-corrected chi connectivity index (χ2v) is 3.64. The lowest BCUT2D eigenvalue weighted by Crippen LogP contribution is -1.90. The van der Waals surface area contributed by atoms with Gasteiger partial charge in [-0.2, -0.15) is 5.10 Å².